The van der Waals surface area contributed by atoms with E-state index in [0.29, 0.717) is 19.3 Å². The van der Waals surface area contributed by atoms with Crippen molar-refractivity contribution >= 4 is 17.9 Å². The summed E-state index contributed by atoms with van der Waals surface area (Å²) in [5.74, 6) is -0.889. The maximum atomic E-state index is 12.8. The van der Waals surface area contributed by atoms with E-state index >= 15 is 0 Å². The lowest BCUT2D eigenvalue weighted by atomic mass is 10.0. The largest absolute Gasteiger partial charge is 0.462 e. The molecule has 0 heterocycles. The molecule has 71 heavy (non-hydrogen) atoms. The summed E-state index contributed by atoms with van der Waals surface area (Å²) in [5, 5.41) is 0. The summed E-state index contributed by atoms with van der Waals surface area (Å²) in [7, 11) is 0. The number of rotatable bonds is 54. The Balaban J connectivity index is 4.00. The Bertz CT molecular complexity index is 1370. The van der Waals surface area contributed by atoms with Crippen LogP contribution in [0.15, 0.2) is 85.1 Å². The maximum Gasteiger partial charge on any atom is 0.306 e. The van der Waals surface area contributed by atoms with Crippen LogP contribution in [-0.4, -0.2) is 37.2 Å². The van der Waals surface area contributed by atoms with Crippen molar-refractivity contribution in [2.45, 2.75) is 297 Å². The highest BCUT2D eigenvalue weighted by Gasteiger charge is 2.19. The van der Waals surface area contributed by atoms with E-state index in [1.807, 2.05) is 0 Å². The maximum absolute atomic E-state index is 12.8. The van der Waals surface area contributed by atoms with Crippen molar-refractivity contribution in [2.75, 3.05) is 13.2 Å². The molecule has 0 aliphatic carbocycles. The molecule has 0 rings (SSSR count). The molecule has 0 spiro atoms. The Hall–Kier alpha value is -3.41. The molecule has 1 unspecified atom stereocenters. The summed E-state index contributed by atoms with van der Waals surface area (Å²) in [6.45, 7) is 6.46. The van der Waals surface area contributed by atoms with Crippen molar-refractivity contribution in [2.24, 2.45) is 0 Å². The van der Waals surface area contributed by atoms with Gasteiger partial charge in [-0.2, -0.15) is 0 Å². The van der Waals surface area contributed by atoms with Crippen LogP contribution < -0.4 is 0 Å². The predicted octanol–water partition coefficient (Wildman–Crippen LogP) is 20.3. The van der Waals surface area contributed by atoms with Gasteiger partial charge in [-0.25, -0.2) is 0 Å². The average Bonchev–Trinajstić information content (AvgIpc) is 3.37. The fourth-order valence-corrected chi connectivity index (χ4v) is 8.38. The quantitative estimate of drug-likeness (QED) is 0.0261. The number of allylic oxidation sites excluding steroid dienone is 14. The fraction of sp³-hybridized carbons (Fsp3) is 0.738. The van der Waals surface area contributed by atoms with Crippen LogP contribution >= 0.6 is 0 Å². The summed E-state index contributed by atoms with van der Waals surface area (Å²) in [6.07, 6.45) is 77.7. The second-order valence-electron chi connectivity index (χ2n) is 19.9. The molecule has 0 radical (unpaired) electrons. The normalized spacial score (nSPS) is 12.7. The van der Waals surface area contributed by atoms with Crippen LogP contribution in [0, 0.1) is 0 Å². The number of ether oxygens (including phenoxy) is 3. The number of hydrogen-bond donors (Lipinski definition) is 0. The molecule has 6 heteroatoms. The third-order valence-electron chi connectivity index (χ3n) is 12.9. The highest BCUT2D eigenvalue weighted by Crippen LogP contribution is 2.16. The van der Waals surface area contributed by atoms with Crippen LogP contribution in [0.5, 0.6) is 0 Å². The molecule has 6 nitrogen and oxygen atoms in total. The number of carbonyl (C=O) groups is 3. The van der Waals surface area contributed by atoms with Gasteiger partial charge in [-0.1, -0.05) is 260 Å². The molecule has 0 N–H and O–H groups in total. The predicted molar refractivity (Wildman–Crippen MR) is 307 cm³/mol. The van der Waals surface area contributed by atoms with Crippen LogP contribution in [-0.2, 0) is 28.6 Å². The van der Waals surface area contributed by atoms with Crippen molar-refractivity contribution in [3.05, 3.63) is 85.1 Å². The minimum absolute atomic E-state index is 0.0771. The summed E-state index contributed by atoms with van der Waals surface area (Å²) >= 11 is 0. The molecule has 0 saturated heterocycles. The van der Waals surface area contributed by atoms with Gasteiger partial charge in [0.2, 0.25) is 0 Å². The third-order valence-corrected chi connectivity index (χ3v) is 12.9. The Morgan fingerprint density at radius 2 is 0.549 bits per heavy atom. The van der Waals surface area contributed by atoms with Gasteiger partial charge in [-0.05, 0) is 96.3 Å². The number of hydrogen-bond acceptors (Lipinski definition) is 6. The van der Waals surface area contributed by atoms with Crippen LogP contribution in [0.4, 0.5) is 0 Å². The molecule has 408 valence electrons. The van der Waals surface area contributed by atoms with Crippen LogP contribution in [0.25, 0.3) is 0 Å². The Morgan fingerprint density at radius 3 is 0.873 bits per heavy atom. The Labute approximate surface area is 439 Å². The summed E-state index contributed by atoms with van der Waals surface area (Å²) in [6, 6.07) is 0. The van der Waals surface area contributed by atoms with Crippen LogP contribution in [0.3, 0.4) is 0 Å². The summed E-state index contributed by atoms with van der Waals surface area (Å²) in [4.78, 5) is 37.8. The van der Waals surface area contributed by atoms with Gasteiger partial charge in [0.25, 0.3) is 0 Å². The minimum atomic E-state index is -0.775. The van der Waals surface area contributed by atoms with E-state index in [0.717, 1.165) is 109 Å². The first-order valence-corrected chi connectivity index (χ1v) is 30.1. The van der Waals surface area contributed by atoms with Gasteiger partial charge in [0.1, 0.15) is 13.2 Å². The summed E-state index contributed by atoms with van der Waals surface area (Å²) in [5.41, 5.74) is 0. The van der Waals surface area contributed by atoms with Crippen molar-refractivity contribution in [1.82, 2.24) is 0 Å². The molecule has 1 atom stereocenters. The molecule has 0 saturated carbocycles. The number of esters is 3. The SMILES string of the molecule is CC/C=C\C/C=C\C/C=C\C/C=C\C/C=C\C/C=C\CCCCCCCCCCCCCCCCC(=O)OCC(COC(=O)CCCCCCCC)OC(=O)CCCCCCC/C=C\CCCCCCC. The first kappa shape index (κ1) is 67.6. The van der Waals surface area contributed by atoms with E-state index in [4.69, 9.17) is 14.2 Å². The molecular formula is C65H112O6. The standard InChI is InChI=1S/C65H112O6/c1-4-7-10-13-16-18-20-22-24-25-26-27-28-29-30-31-32-33-34-35-36-37-38-39-40-41-42-44-45-47-49-52-55-58-64(67)70-61-62(60-69-63(66)57-54-51-15-12-9-6-3)71-65(68)59-56-53-50-48-46-43-23-21-19-17-14-11-8-5-2/h7,10,16,18,21-24,26-27,29-30,32-33,62H,4-6,8-9,11-15,17,19-20,25,28,31,34-61H2,1-3H3/b10-7-,18-16-,23-21-,24-22-,27-26-,30-29-,33-32-. The van der Waals surface area contributed by atoms with E-state index in [-0.39, 0.29) is 31.1 Å². The monoisotopic (exact) mass is 989 g/mol. The Kier molecular flexibility index (Phi) is 56.3. The molecule has 0 bridgehead atoms. The van der Waals surface area contributed by atoms with Crippen molar-refractivity contribution in [3.8, 4) is 0 Å². The zero-order valence-corrected chi connectivity index (χ0v) is 46.7. The third kappa shape index (κ3) is 57.4. The zero-order valence-electron chi connectivity index (χ0n) is 46.7. The van der Waals surface area contributed by atoms with Crippen molar-refractivity contribution < 1.29 is 28.6 Å². The molecule has 0 aliphatic rings. The van der Waals surface area contributed by atoms with Gasteiger partial charge in [0.15, 0.2) is 6.10 Å². The fourth-order valence-electron chi connectivity index (χ4n) is 8.38. The molecule has 0 aromatic rings. The second-order valence-corrected chi connectivity index (χ2v) is 19.9. The number of unbranched alkanes of at least 4 members (excludes halogenated alkanes) is 29. The van der Waals surface area contributed by atoms with E-state index in [1.54, 1.807) is 0 Å². The van der Waals surface area contributed by atoms with Crippen molar-refractivity contribution in [1.29, 1.82) is 0 Å². The van der Waals surface area contributed by atoms with Gasteiger partial charge < -0.3 is 14.2 Å². The Morgan fingerprint density at radius 1 is 0.296 bits per heavy atom. The lowest BCUT2D eigenvalue weighted by Gasteiger charge is -2.18. The molecule has 0 aromatic heterocycles. The lowest BCUT2D eigenvalue weighted by molar-refractivity contribution is -0.167. The van der Waals surface area contributed by atoms with Crippen LogP contribution in [0.1, 0.15) is 290 Å². The molecular weight excluding hydrogens is 877 g/mol. The second kappa shape index (κ2) is 59.2. The highest BCUT2D eigenvalue weighted by molar-refractivity contribution is 5.71. The average molecular weight is 990 g/mol. The van der Waals surface area contributed by atoms with Gasteiger partial charge in [0, 0.05) is 19.3 Å². The topological polar surface area (TPSA) is 78.9 Å². The molecule has 0 aromatic carbocycles. The molecule has 0 aliphatic heterocycles. The summed E-state index contributed by atoms with van der Waals surface area (Å²) < 4.78 is 16.7. The smallest absolute Gasteiger partial charge is 0.306 e. The van der Waals surface area contributed by atoms with Gasteiger partial charge >= 0.3 is 17.9 Å². The first-order valence-electron chi connectivity index (χ1n) is 30.1. The minimum Gasteiger partial charge on any atom is -0.462 e. The van der Waals surface area contributed by atoms with Gasteiger partial charge in [-0.15, -0.1) is 0 Å². The van der Waals surface area contributed by atoms with Crippen LogP contribution in [0.2, 0.25) is 0 Å². The van der Waals surface area contributed by atoms with Crippen molar-refractivity contribution in [3.63, 3.8) is 0 Å². The first-order chi connectivity index (χ1) is 35.0. The van der Waals surface area contributed by atoms with Gasteiger partial charge in [-0.3, -0.25) is 14.4 Å². The zero-order chi connectivity index (χ0) is 51.4. The lowest BCUT2D eigenvalue weighted by Crippen LogP contribution is -2.30. The van der Waals surface area contributed by atoms with E-state index < -0.39 is 6.10 Å². The van der Waals surface area contributed by atoms with Gasteiger partial charge in [0.05, 0.1) is 0 Å². The molecule has 0 fully saturated rings. The number of carbonyl (C=O) groups excluding carboxylic acids is 3. The van der Waals surface area contributed by atoms with E-state index in [1.165, 1.54) is 141 Å². The highest BCUT2D eigenvalue weighted by atomic mass is 16.6. The van der Waals surface area contributed by atoms with E-state index in [9.17, 15) is 14.4 Å². The molecule has 0 amide bonds. The van der Waals surface area contributed by atoms with E-state index in [2.05, 4.69) is 106 Å².